The zero-order valence-electron chi connectivity index (χ0n) is 13.2. The largest absolute Gasteiger partial charge is 0.497 e. The third kappa shape index (κ3) is 4.82. The lowest BCUT2D eigenvalue weighted by Gasteiger charge is -2.08. The molecular weight excluding hydrogens is 316 g/mol. The molecular formula is C16H18N2O6. The summed E-state index contributed by atoms with van der Waals surface area (Å²) in [6.07, 6.45) is 2.14. The predicted molar refractivity (Wildman–Crippen MR) is 85.0 cm³/mol. The van der Waals surface area contributed by atoms with Crippen molar-refractivity contribution in [3.63, 3.8) is 0 Å². The minimum atomic E-state index is -0.596. The quantitative estimate of drug-likeness (QED) is 0.429. The molecule has 0 fully saturated rings. The summed E-state index contributed by atoms with van der Waals surface area (Å²) in [6.45, 7) is 1.13. The molecule has 0 aliphatic carbocycles. The van der Waals surface area contributed by atoms with Gasteiger partial charge in [0.2, 0.25) is 0 Å². The van der Waals surface area contributed by atoms with Gasteiger partial charge in [0.05, 0.1) is 18.3 Å². The van der Waals surface area contributed by atoms with Gasteiger partial charge in [-0.05, 0) is 30.7 Å². The monoisotopic (exact) mass is 334 g/mol. The lowest BCUT2D eigenvalue weighted by atomic mass is 10.1. The van der Waals surface area contributed by atoms with E-state index < -0.39 is 10.8 Å². The number of carbonyl (C=O) groups is 1. The summed E-state index contributed by atoms with van der Waals surface area (Å²) in [6, 6.07) is 7.63. The van der Waals surface area contributed by atoms with Crippen molar-refractivity contribution in [1.82, 2.24) is 5.32 Å². The van der Waals surface area contributed by atoms with Gasteiger partial charge in [0.1, 0.15) is 23.7 Å². The van der Waals surface area contributed by atoms with E-state index in [0.29, 0.717) is 31.9 Å². The van der Waals surface area contributed by atoms with Crippen molar-refractivity contribution in [3.05, 3.63) is 58.0 Å². The van der Waals surface area contributed by atoms with Gasteiger partial charge in [0, 0.05) is 19.2 Å². The first-order valence-electron chi connectivity index (χ1n) is 7.32. The molecule has 2 aromatic rings. The van der Waals surface area contributed by atoms with E-state index in [1.54, 1.807) is 12.3 Å². The van der Waals surface area contributed by atoms with Crippen molar-refractivity contribution in [3.8, 4) is 5.75 Å². The number of rotatable bonds is 9. The summed E-state index contributed by atoms with van der Waals surface area (Å²) in [5.41, 5.74) is -0.293. The number of ether oxygens (including phenoxy) is 2. The maximum absolute atomic E-state index is 12.1. The van der Waals surface area contributed by atoms with Crippen molar-refractivity contribution in [2.45, 2.75) is 13.0 Å². The van der Waals surface area contributed by atoms with Gasteiger partial charge in [-0.3, -0.25) is 14.9 Å². The zero-order valence-corrected chi connectivity index (χ0v) is 13.2. The first kappa shape index (κ1) is 17.5. The van der Waals surface area contributed by atoms with E-state index in [9.17, 15) is 14.9 Å². The van der Waals surface area contributed by atoms with Crippen LogP contribution in [0.3, 0.4) is 0 Å². The topological polar surface area (TPSA) is 104 Å². The van der Waals surface area contributed by atoms with Gasteiger partial charge in [-0.1, -0.05) is 0 Å². The van der Waals surface area contributed by atoms with Crippen LogP contribution in [0.5, 0.6) is 5.75 Å². The van der Waals surface area contributed by atoms with Gasteiger partial charge in [-0.2, -0.15) is 0 Å². The Kier molecular flexibility index (Phi) is 6.32. The van der Waals surface area contributed by atoms with E-state index in [1.807, 2.05) is 6.07 Å². The van der Waals surface area contributed by atoms with Crippen LogP contribution in [-0.4, -0.2) is 31.1 Å². The molecule has 1 aromatic heterocycles. The molecule has 1 amide bonds. The Bertz CT molecular complexity index is 684. The fourth-order valence-electron chi connectivity index (χ4n) is 2.02. The first-order valence-corrected chi connectivity index (χ1v) is 7.32. The van der Waals surface area contributed by atoms with Gasteiger partial charge < -0.3 is 19.2 Å². The van der Waals surface area contributed by atoms with Crippen molar-refractivity contribution < 1.29 is 23.6 Å². The van der Waals surface area contributed by atoms with Crippen LogP contribution in [0, 0.1) is 10.1 Å². The van der Waals surface area contributed by atoms with Crippen LogP contribution in [0.4, 0.5) is 5.69 Å². The molecule has 0 aliphatic rings. The van der Waals surface area contributed by atoms with Crippen LogP contribution >= 0.6 is 0 Å². The van der Waals surface area contributed by atoms with Crippen molar-refractivity contribution in [2.75, 3.05) is 20.3 Å². The Balaban J connectivity index is 1.80. The fourth-order valence-corrected chi connectivity index (χ4v) is 2.02. The van der Waals surface area contributed by atoms with Crippen molar-refractivity contribution in [2.24, 2.45) is 0 Å². The number of nitrogens with zero attached hydrogens (tertiary/aromatic N) is 1. The van der Waals surface area contributed by atoms with E-state index >= 15 is 0 Å². The van der Waals surface area contributed by atoms with Crippen LogP contribution in [0.15, 0.2) is 41.0 Å². The third-order valence-corrected chi connectivity index (χ3v) is 3.22. The maximum atomic E-state index is 12.1. The Morgan fingerprint density at radius 1 is 1.38 bits per heavy atom. The average Bonchev–Trinajstić information content (AvgIpc) is 3.10. The highest BCUT2D eigenvalue weighted by molar-refractivity contribution is 5.98. The number of carbonyl (C=O) groups excluding carboxylic acids is 1. The van der Waals surface area contributed by atoms with Gasteiger partial charge in [-0.25, -0.2) is 0 Å². The Labute approximate surface area is 138 Å². The molecule has 8 nitrogen and oxygen atoms in total. The fraction of sp³-hybridized carbons (Fsp3) is 0.312. The molecule has 0 spiro atoms. The molecule has 0 atom stereocenters. The lowest BCUT2D eigenvalue weighted by Crippen LogP contribution is -2.26. The molecule has 2 rings (SSSR count). The molecule has 1 aromatic carbocycles. The number of nitrogens with one attached hydrogen (secondary N) is 1. The molecule has 24 heavy (non-hydrogen) atoms. The second-order valence-corrected chi connectivity index (χ2v) is 4.88. The molecule has 0 bridgehead atoms. The van der Waals surface area contributed by atoms with E-state index in [0.717, 1.165) is 5.76 Å². The minimum Gasteiger partial charge on any atom is -0.497 e. The molecule has 0 saturated carbocycles. The number of hydrogen-bond donors (Lipinski definition) is 1. The molecule has 1 N–H and O–H groups in total. The predicted octanol–water partition coefficient (Wildman–Crippen LogP) is 2.53. The summed E-state index contributed by atoms with van der Waals surface area (Å²) >= 11 is 0. The summed E-state index contributed by atoms with van der Waals surface area (Å²) in [7, 11) is 1.43. The van der Waals surface area contributed by atoms with Gasteiger partial charge in [-0.15, -0.1) is 0 Å². The highest BCUT2D eigenvalue weighted by Gasteiger charge is 2.20. The van der Waals surface area contributed by atoms with E-state index in [2.05, 4.69) is 5.32 Å². The number of nitro benzene ring substituents is 1. The normalized spacial score (nSPS) is 10.4. The smallest absolute Gasteiger partial charge is 0.282 e. The number of furan rings is 1. The molecule has 0 saturated heterocycles. The van der Waals surface area contributed by atoms with Crippen LogP contribution < -0.4 is 10.1 Å². The van der Waals surface area contributed by atoms with Gasteiger partial charge in [0.15, 0.2) is 0 Å². The Hall–Kier alpha value is -2.87. The van der Waals surface area contributed by atoms with Gasteiger partial charge >= 0.3 is 0 Å². The van der Waals surface area contributed by atoms with Crippen LogP contribution in [-0.2, 0) is 11.3 Å². The van der Waals surface area contributed by atoms with E-state index in [4.69, 9.17) is 13.9 Å². The van der Waals surface area contributed by atoms with Crippen LogP contribution in [0.2, 0.25) is 0 Å². The second-order valence-electron chi connectivity index (χ2n) is 4.88. The molecule has 0 radical (unpaired) electrons. The Morgan fingerprint density at radius 2 is 2.21 bits per heavy atom. The molecule has 8 heteroatoms. The highest BCUT2D eigenvalue weighted by atomic mass is 16.6. The van der Waals surface area contributed by atoms with Gasteiger partial charge in [0.25, 0.3) is 11.6 Å². The maximum Gasteiger partial charge on any atom is 0.282 e. The third-order valence-electron chi connectivity index (χ3n) is 3.22. The SMILES string of the molecule is COc1ccc([N+](=O)[O-])c(C(=O)NCCCOCc2ccco2)c1. The highest BCUT2D eigenvalue weighted by Crippen LogP contribution is 2.23. The summed E-state index contributed by atoms with van der Waals surface area (Å²) in [4.78, 5) is 22.5. The summed E-state index contributed by atoms with van der Waals surface area (Å²) < 4.78 is 15.5. The second kappa shape index (κ2) is 8.68. The molecule has 128 valence electrons. The average molecular weight is 334 g/mol. The molecule has 0 unspecified atom stereocenters. The number of amides is 1. The van der Waals surface area contributed by atoms with E-state index in [1.165, 1.54) is 25.3 Å². The lowest BCUT2D eigenvalue weighted by molar-refractivity contribution is -0.385. The Morgan fingerprint density at radius 3 is 2.88 bits per heavy atom. The van der Waals surface area contributed by atoms with E-state index in [-0.39, 0.29) is 11.3 Å². The summed E-state index contributed by atoms with van der Waals surface area (Å²) in [5, 5.41) is 13.6. The molecule has 1 heterocycles. The molecule has 0 aliphatic heterocycles. The number of nitro groups is 1. The van der Waals surface area contributed by atoms with Crippen LogP contribution in [0.1, 0.15) is 22.5 Å². The number of hydrogen-bond acceptors (Lipinski definition) is 6. The van der Waals surface area contributed by atoms with Crippen molar-refractivity contribution >= 4 is 11.6 Å². The van der Waals surface area contributed by atoms with Crippen LogP contribution in [0.25, 0.3) is 0 Å². The number of benzene rings is 1. The standard InChI is InChI=1S/C16H18N2O6/c1-22-12-5-6-15(18(20)21)14(10-12)16(19)17-7-3-8-23-11-13-4-2-9-24-13/h2,4-6,9-10H,3,7-8,11H2,1H3,(H,17,19). The minimum absolute atomic E-state index is 0.0316. The number of methoxy groups -OCH3 is 1. The van der Waals surface area contributed by atoms with Crippen molar-refractivity contribution in [1.29, 1.82) is 0 Å². The zero-order chi connectivity index (χ0) is 17.4. The summed E-state index contributed by atoms with van der Waals surface area (Å²) in [5.74, 6) is 0.588. The first-order chi connectivity index (χ1) is 11.6.